The number of nitrogens with one attached hydrogen (secondary N) is 1. The van der Waals surface area contributed by atoms with Crippen LogP contribution >= 0.6 is 0 Å². The zero-order valence-electron chi connectivity index (χ0n) is 8.99. The Morgan fingerprint density at radius 1 is 1.33 bits per heavy atom. The second-order valence-corrected chi connectivity index (χ2v) is 4.76. The van der Waals surface area contributed by atoms with Crippen molar-refractivity contribution in [2.45, 2.75) is 25.5 Å². The minimum absolute atomic E-state index is 0.155. The topological polar surface area (TPSA) is 30.5 Å². The Hall–Kier alpha value is -1.06. The van der Waals surface area contributed by atoms with E-state index in [1.54, 1.807) is 0 Å². The highest BCUT2D eigenvalue weighted by atomic mass is 16.7. The molecular weight excluding hydrogens is 190 g/mol. The summed E-state index contributed by atoms with van der Waals surface area (Å²) in [7, 11) is 0. The molecule has 15 heavy (non-hydrogen) atoms. The zero-order chi connectivity index (χ0) is 10.5. The highest BCUT2D eigenvalue weighted by molar-refractivity contribution is 5.38. The average Bonchev–Trinajstić information content (AvgIpc) is 2.55. The van der Waals surface area contributed by atoms with Crippen molar-refractivity contribution in [2.24, 2.45) is 5.92 Å². The van der Waals surface area contributed by atoms with Gasteiger partial charge >= 0.3 is 0 Å². The molecule has 3 nitrogen and oxygen atoms in total. The van der Waals surface area contributed by atoms with Gasteiger partial charge < -0.3 is 4.74 Å². The predicted octanol–water partition coefficient (Wildman–Crippen LogP) is 2.05. The Balaban J connectivity index is 2.03. The van der Waals surface area contributed by atoms with Gasteiger partial charge in [-0.2, -0.15) is 5.48 Å². The van der Waals surface area contributed by atoms with Crippen molar-refractivity contribution in [1.82, 2.24) is 5.48 Å². The van der Waals surface area contributed by atoms with Crippen LogP contribution in [0, 0.1) is 5.92 Å². The third kappa shape index (κ3) is 1.27. The number of hydrogen-bond acceptors (Lipinski definition) is 3. The fourth-order valence-corrected chi connectivity index (χ4v) is 2.40. The fraction of sp³-hybridized carbons (Fsp3) is 0.500. The molecule has 0 aliphatic carbocycles. The summed E-state index contributed by atoms with van der Waals surface area (Å²) in [5, 5.41) is 0. The van der Waals surface area contributed by atoms with E-state index in [-0.39, 0.29) is 11.6 Å². The molecule has 2 aliphatic heterocycles. The first-order chi connectivity index (χ1) is 7.18. The van der Waals surface area contributed by atoms with Crippen LogP contribution in [0.4, 0.5) is 0 Å². The second kappa shape index (κ2) is 2.97. The normalized spacial score (nSPS) is 31.6. The molecule has 2 heterocycles. The maximum absolute atomic E-state index is 5.75. The Bertz CT molecular complexity index is 389. The highest BCUT2D eigenvalue weighted by Gasteiger charge is 2.47. The number of hydrogen-bond donors (Lipinski definition) is 1. The predicted molar refractivity (Wildman–Crippen MR) is 56.5 cm³/mol. The first-order valence-corrected chi connectivity index (χ1v) is 5.34. The van der Waals surface area contributed by atoms with Gasteiger partial charge in [-0.25, -0.2) is 0 Å². The number of hydroxylamine groups is 1. The smallest absolute Gasteiger partial charge is 0.124 e. The molecule has 1 N–H and O–H groups in total. The van der Waals surface area contributed by atoms with Crippen LogP contribution in [-0.2, 0) is 4.84 Å². The van der Waals surface area contributed by atoms with Gasteiger partial charge in [0.15, 0.2) is 0 Å². The van der Waals surface area contributed by atoms with Gasteiger partial charge in [-0.15, -0.1) is 0 Å². The van der Waals surface area contributed by atoms with Crippen molar-refractivity contribution in [3.05, 3.63) is 29.8 Å². The van der Waals surface area contributed by atoms with Crippen molar-refractivity contribution in [3.8, 4) is 5.75 Å². The van der Waals surface area contributed by atoms with Crippen LogP contribution in [0.3, 0.4) is 0 Å². The molecule has 0 spiro atoms. The van der Waals surface area contributed by atoms with Gasteiger partial charge in [-0.3, -0.25) is 4.84 Å². The van der Waals surface area contributed by atoms with Gasteiger partial charge in [0.25, 0.3) is 0 Å². The van der Waals surface area contributed by atoms with Gasteiger partial charge in [0, 0.05) is 11.5 Å². The summed E-state index contributed by atoms with van der Waals surface area (Å²) >= 11 is 0. The van der Waals surface area contributed by atoms with Crippen LogP contribution < -0.4 is 10.2 Å². The number of fused-ring (bicyclic) bond motifs is 3. The van der Waals surface area contributed by atoms with Gasteiger partial charge in [-0.1, -0.05) is 18.2 Å². The van der Waals surface area contributed by atoms with E-state index in [0.29, 0.717) is 5.92 Å². The molecule has 0 unspecified atom stereocenters. The van der Waals surface area contributed by atoms with E-state index in [1.807, 2.05) is 18.2 Å². The van der Waals surface area contributed by atoms with Crippen LogP contribution in [0.15, 0.2) is 24.3 Å². The molecular formula is C12H15NO2. The summed E-state index contributed by atoms with van der Waals surface area (Å²) in [5.41, 5.74) is 4.18. The van der Waals surface area contributed by atoms with Crippen molar-refractivity contribution in [3.63, 3.8) is 0 Å². The number of para-hydroxylation sites is 1. The van der Waals surface area contributed by atoms with Crippen LogP contribution in [0.5, 0.6) is 5.75 Å². The monoisotopic (exact) mass is 205 g/mol. The van der Waals surface area contributed by atoms with Crippen LogP contribution in [-0.4, -0.2) is 12.2 Å². The zero-order valence-corrected chi connectivity index (χ0v) is 8.99. The molecule has 2 atom stereocenters. The minimum atomic E-state index is -0.155. The van der Waals surface area contributed by atoms with Gasteiger partial charge in [0.05, 0.1) is 18.2 Å². The molecule has 1 aromatic carbocycles. The Morgan fingerprint density at radius 2 is 2.13 bits per heavy atom. The summed E-state index contributed by atoms with van der Waals surface area (Å²) in [4.78, 5) is 5.61. The number of benzene rings is 1. The standard InChI is InChI=1S/C12H15NO2/c1-12(2)9-7-14-10-6-4-3-5-8(10)11(9)13-15-12/h3-6,9,11,13H,7H2,1-2H3/t9-,11+/m1/s1. The van der Waals surface area contributed by atoms with Crippen molar-refractivity contribution >= 4 is 0 Å². The molecule has 3 heteroatoms. The van der Waals surface area contributed by atoms with E-state index < -0.39 is 0 Å². The van der Waals surface area contributed by atoms with Crippen molar-refractivity contribution in [1.29, 1.82) is 0 Å². The average molecular weight is 205 g/mol. The first-order valence-electron chi connectivity index (χ1n) is 5.34. The SMILES string of the molecule is CC1(C)ON[C@H]2c3ccccc3OC[C@H]21. The molecule has 1 saturated heterocycles. The van der Waals surface area contributed by atoms with Crippen LogP contribution in [0.1, 0.15) is 25.5 Å². The van der Waals surface area contributed by atoms with Gasteiger partial charge in [0.2, 0.25) is 0 Å². The molecule has 2 aliphatic rings. The van der Waals surface area contributed by atoms with Crippen molar-refractivity contribution < 1.29 is 9.57 Å². The molecule has 0 amide bonds. The second-order valence-electron chi connectivity index (χ2n) is 4.76. The summed E-state index contributed by atoms with van der Waals surface area (Å²) in [5.74, 6) is 1.36. The lowest BCUT2D eigenvalue weighted by Gasteiger charge is -2.31. The lowest BCUT2D eigenvalue weighted by Crippen LogP contribution is -2.36. The van der Waals surface area contributed by atoms with E-state index in [9.17, 15) is 0 Å². The fourth-order valence-electron chi connectivity index (χ4n) is 2.40. The molecule has 0 bridgehead atoms. The summed E-state index contributed by atoms with van der Waals surface area (Å²) < 4.78 is 5.75. The minimum Gasteiger partial charge on any atom is -0.493 e. The quantitative estimate of drug-likeness (QED) is 0.703. The Morgan fingerprint density at radius 3 is 3.00 bits per heavy atom. The van der Waals surface area contributed by atoms with Gasteiger partial charge in [-0.05, 0) is 19.9 Å². The number of rotatable bonds is 0. The van der Waals surface area contributed by atoms with Crippen LogP contribution in [0.2, 0.25) is 0 Å². The third-order valence-corrected chi connectivity index (χ3v) is 3.42. The largest absolute Gasteiger partial charge is 0.493 e. The highest BCUT2D eigenvalue weighted by Crippen LogP contribution is 2.44. The molecule has 1 aromatic rings. The Kier molecular flexibility index (Phi) is 1.82. The van der Waals surface area contributed by atoms with E-state index in [0.717, 1.165) is 12.4 Å². The summed E-state index contributed by atoms with van der Waals surface area (Å²) in [6.45, 7) is 4.92. The third-order valence-electron chi connectivity index (χ3n) is 3.42. The maximum atomic E-state index is 5.75. The maximum Gasteiger partial charge on any atom is 0.124 e. The number of ether oxygens (including phenoxy) is 1. The molecule has 0 radical (unpaired) electrons. The van der Waals surface area contributed by atoms with Crippen molar-refractivity contribution in [2.75, 3.05) is 6.61 Å². The van der Waals surface area contributed by atoms with E-state index in [1.165, 1.54) is 5.56 Å². The molecule has 3 rings (SSSR count). The summed E-state index contributed by atoms with van der Waals surface area (Å²) in [6, 6.07) is 8.42. The van der Waals surface area contributed by atoms with E-state index in [4.69, 9.17) is 9.57 Å². The lowest BCUT2D eigenvalue weighted by molar-refractivity contribution is -0.0484. The molecule has 0 saturated carbocycles. The molecule has 0 aromatic heterocycles. The lowest BCUT2D eigenvalue weighted by atomic mass is 9.82. The Labute approximate surface area is 89.3 Å². The molecule has 1 fully saturated rings. The first kappa shape index (κ1) is 9.19. The molecule has 80 valence electrons. The van der Waals surface area contributed by atoms with E-state index in [2.05, 4.69) is 25.4 Å². The van der Waals surface area contributed by atoms with E-state index >= 15 is 0 Å². The van der Waals surface area contributed by atoms with Crippen LogP contribution in [0.25, 0.3) is 0 Å². The summed E-state index contributed by atoms with van der Waals surface area (Å²) in [6.07, 6.45) is 0. The van der Waals surface area contributed by atoms with Gasteiger partial charge in [0.1, 0.15) is 5.75 Å².